The van der Waals surface area contributed by atoms with E-state index < -0.39 is 12.0 Å². The maximum absolute atomic E-state index is 10.3. The summed E-state index contributed by atoms with van der Waals surface area (Å²) in [6.07, 6.45) is 1.10. The number of guanidine groups is 1. The second-order valence-corrected chi connectivity index (χ2v) is 2.63. The molecule has 0 saturated heterocycles. The molecule has 7 heteroatoms. The number of nitrogens with two attached hydrogens (primary N) is 1. The van der Waals surface area contributed by atoms with Crippen molar-refractivity contribution >= 4 is 11.9 Å². The minimum Gasteiger partial charge on any atom is -0.477 e. The third-order valence-electron chi connectivity index (χ3n) is 1.51. The van der Waals surface area contributed by atoms with E-state index >= 15 is 0 Å². The first-order valence-electron chi connectivity index (χ1n) is 3.90. The molecule has 0 aromatic heterocycles. The van der Waals surface area contributed by atoms with Crippen LogP contribution in [0.1, 0.15) is 12.8 Å². The van der Waals surface area contributed by atoms with Crippen LogP contribution in [0.5, 0.6) is 0 Å². The molecule has 0 aromatic rings. The standard InChI is InChI=1S/C6H14N4O3/c7-4(5(11)12)2-1-3-9-6(8)10-13/h4,13H,1-3,7H2,(H,11,12)(H3,8,9,10)/p+2/t4-/m0/s1. The largest absolute Gasteiger partial charge is 0.477 e. The van der Waals surface area contributed by atoms with Crippen LogP contribution in [0.25, 0.3) is 0 Å². The van der Waals surface area contributed by atoms with Gasteiger partial charge in [-0.2, -0.15) is 0 Å². The van der Waals surface area contributed by atoms with Crippen LogP contribution in [0, 0.1) is 0 Å². The van der Waals surface area contributed by atoms with Gasteiger partial charge in [0.2, 0.25) is 0 Å². The SMILES string of the molecule is NC(NO)=[NH+]CCC[C@H]([NH3+])C(=O)O. The van der Waals surface area contributed by atoms with Gasteiger partial charge in [-0.25, -0.2) is 10.0 Å². The van der Waals surface area contributed by atoms with Crippen molar-refractivity contribution < 1.29 is 25.8 Å². The van der Waals surface area contributed by atoms with E-state index in [9.17, 15) is 4.79 Å². The molecule has 0 aliphatic heterocycles. The topological polar surface area (TPSA) is 137 Å². The molecule has 0 aliphatic carbocycles. The minimum absolute atomic E-state index is 0.0518. The number of hydrogen-bond donors (Lipinski definition) is 6. The van der Waals surface area contributed by atoms with Crippen molar-refractivity contribution in [2.75, 3.05) is 6.54 Å². The summed E-state index contributed by atoms with van der Waals surface area (Å²) >= 11 is 0. The molecule has 7 nitrogen and oxygen atoms in total. The molecule has 13 heavy (non-hydrogen) atoms. The molecule has 0 aromatic carbocycles. The molecule has 9 N–H and O–H groups in total. The Labute approximate surface area is 75.4 Å². The summed E-state index contributed by atoms with van der Waals surface area (Å²) in [5.41, 5.74) is 10.3. The van der Waals surface area contributed by atoms with Gasteiger partial charge in [-0.05, 0) is 6.42 Å². The summed E-state index contributed by atoms with van der Waals surface area (Å²) in [7, 11) is 0. The van der Waals surface area contributed by atoms with Crippen molar-refractivity contribution in [3.63, 3.8) is 0 Å². The Morgan fingerprint density at radius 1 is 1.69 bits per heavy atom. The molecule has 0 radical (unpaired) electrons. The van der Waals surface area contributed by atoms with Crippen LogP contribution in [-0.4, -0.2) is 34.8 Å². The summed E-state index contributed by atoms with van der Waals surface area (Å²) in [4.78, 5) is 13.0. The summed E-state index contributed by atoms with van der Waals surface area (Å²) in [6.45, 7) is 0.499. The summed E-state index contributed by atoms with van der Waals surface area (Å²) < 4.78 is 0. The van der Waals surface area contributed by atoms with Gasteiger partial charge in [-0.1, -0.05) is 0 Å². The van der Waals surface area contributed by atoms with E-state index in [-0.39, 0.29) is 5.96 Å². The Balaban J connectivity index is 3.51. The molecular formula is C6H16N4O3+2. The average molecular weight is 192 g/mol. The average Bonchev–Trinajstić information content (AvgIpc) is 2.11. The molecule has 76 valence electrons. The Morgan fingerprint density at radius 2 is 2.31 bits per heavy atom. The second kappa shape index (κ2) is 6.21. The van der Waals surface area contributed by atoms with E-state index in [0.29, 0.717) is 19.4 Å². The molecular weight excluding hydrogens is 176 g/mol. The number of nitrogens with one attached hydrogen (secondary N) is 2. The van der Waals surface area contributed by atoms with Gasteiger partial charge in [0.05, 0.1) is 6.54 Å². The Morgan fingerprint density at radius 3 is 2.77 bits per heavy atom. The van der Waals surface area contributed by atoms with E-state index in [1.54, 1.807) is 5.48 Å². The first kappa shape index (κ1) is 11.7. The van der Waals surface area contributed by atoms with Crippen molar-refractivity contribution in [2.45, 2.75) is 18.9 Å². The van der Waals surface area contributed by atoms with Crippen LogP contribution < -0.4 is 21.9 Å². The Bertz CT molecular complexity index is 194. The summed E-state index contributed by atoms with van der Waals surface area (Å²) in [5.74, 6) is -0.854. The number of carbonyl (C=O) groups is 1. The van der Waals surface area contributed by atoms with Gasteiger partial charge in [0.15, 0.2) is 6.04 Å². The number of rotatable bonds is 5. The Hall–Kier alpha value is -1.34. The minimum atomic E-state index is -0.905. The zero-order valence-electron chi connectivity index (χ0n) is 7.29. The third kappa shape index (κ3) is 5.88. The number of aliphatic carboxylic acids is 1. The van der Waals surface area contributed by atoms with Gasteiger partial charge in [0, 0.05) is 6.42 Å². The predicted octanol–water partition coefficient (Wildman–Crippen LogP) is -4.16. The van der Waals surface area contributed by atoms with Gasteiger partial charge in [-0.3, -0.25) is 10.7 Å². The highest BCUT2D eigenvalue weighted by molar-refractivity contribution is 5.71. The van der Waals surface area contributed by atoms with Crippen LogP contribution in [-0.2, 0) is 4.79 Å². The maximum Gasteiger partial charge on any atom is 0.369 e. The fourth-order valence-electron chi connectivity index (χ4n) is 0.735. The summed E-state index contributed by atoms with van der Waals surface area (Å²) in [5, 5.41) is 16.7. The quantitative estimate of drug-likeness (QED) is 0.114. The van der Waals surface area contributed by atoms with Crippen molar-refractivity contribution in [3.05, 3.63) is 0 Å². The molecule has 0 heterocycles. The molecule has 0 amide bonds. The van der Waals surface area contributed by atoms with E-state index in [4.69, 9.17) is 16.0 Å². The summed E-state index contributed by atoms with van der Waals surface area (Å²) in [6, 6.07) is -0.592. The normalized spacial score (nSPS) is 13.8. The van der Waals surface area contributed by atoms with Crippen LogP contribution in [0.15, 0.2) is 0 Å². The fraction of sp³-hybridized carbons (Fsp3) is 0.667. The zero-order valence-corrected chi connectivity index (χ0v) is 7.29. The molecule has 0 aliphatic rings. The zero-order chi connectivity index (χ0) is 10.3. The molecule has 0 fully saturated rings. The lowest BCUT2D eigenvalue weighted by Crippen LogP contribution is -2.78. The first-order valence-corrected chi connectivity index (χ1v) is 3.90. The van der Waals surface area contributed by atoms with Gasteiger partial charge in [0.1, 0.15) is 0 Å². The first-order chi connectivity index (χ1) is 6.07. The number of hydroxylamine groups is 1. The van der Waals surface area contributed by atoms with Crippen molar-refractivity contribution in [1.29, 1.82) is 0 Å². The van der Waals surface area contributed by atoms with Crippen LogP contribution in [0.3, 0.4) is 0 Å². The second-order valence-electron chi connectivity index (χ2n) is 2.63. The molecule has 0 saturated carbocycles. The van der Waals surface area contributed by atoms with E-state index in [2.05, 4.69) is 10.7 Å². The third-order valence-corrected chi connectivity index (χ3v) is 1.51. The highest BCUT2D eigenvalue weighted by atomic mass is 16.5. The van der Waals surface area contributed by atoms with Crippen molar-refractivity contribution in [2.24, 2.45) is 5.73 Å². The molecule has 0 rings (SSSR count). The highest BCUT2D eigenvalue weighted by Crippen LogP contribution is 1.88. The smallest absolute Gasteiger partial charge is 0.369 e. The number of quaternary nitrogens is 1. The lowest BCUT2D eigenvalue weighted by molar-refractivity contribution is -0.466. The molecule has 0 spiro atoms. The molecule has 0 unspecified atom stereocenters. The van der Waals surface area contributed by atoms with Crippen molar-refractivity contribution in [3.8, 4) is 0 Å². The lowest BCUT2D eigenvalue weighted by Gasteiger charge is -1.99. The molecule has 0 bridgehead atoms. The van der Waals surface area contributed by atoms with Crippen molar-refractivity contribution in [1.82, 2.24) is 5.48 Å². The Kier molecular flexibility index (Phi) is 5.57. The number of carboxylic acids is 1. The number of hydrogen-bond acceptors (Lipinski definition) is 2. The van der Waals surface area contributed by atoms with Crippen LogP contribution in [0.4, 0.5) is 0 Å². The van der Waals surface area contributed by atoms with Gasteiger partial charge in [0.25, 0.3) is 0 Å². The van der Waals surface area contributed by atoms with Gasteiger partial charge >= 0.3 is 11.9 Å². The van der Waals surface area contributed by atoms with Crippen LogP contribution in [0.2, 0.25) is 0 Å². The number of carboxylic acid groups (broad SMARTS) is 1. The van der Waals surface area contributed by atoms with E-state index in [1.165, 1.54) is 0 Å². The maximum atomic E-state index is 10.3. The molecule has 1 atom stereocenters. The monoisotopic (exact) mass is 192 g/mol. The lowest BCUT2D eigenvalue weighted by atomic mass is 10.2. The fourth-order valence-corrected chi connectivity index (χ4v) is 0.735. The van der Waals surface area contributed by atoms with Gasteiger partial charge < -0.3 is 10.8 Å². The van der Waals surface area contributed by atoms with E-state index in [1.807, 2.05) is 0 Å². The van der Waals surface area contributed by atoms with E-state index in [0.717, 1.165) is 0 Å². The predicted molar refractivity (Wildman–Crippen MR) is 43.5 cm³/mol. The van der Waals surface area contributed by atoms with Gasteiger partial charge in [-0.15, -0.1) is 5.48 Å². The van der Waals surface area contributed by atoms with Crippen LogP contribution >= 0.6 is 0 Å². The highest BCUT2D eigenvalue weighted by Gasteiger charge is 2.14.